The van der Waals surface area contributed by atoms with E-state index in [9.17, 15) is 9.59 Å². The lowest BCUT2D eigenvalue weighted by Crippen LogP contribution is -2.44. The molecule has 2 saturated heterocycles. The van der Waals surface area contributed by atoms with E-state index in [1.807, 2.05) is 18.2 Å². The highest BCUT2D eigenvalue weighted by Crippen LogP contribution is 2.37. The van der Waals surface area contributed by atoms with Crippen LogP contribution in [0.5, 0.6) is 0 Å². The SMILES string of the molecule is NC(=NCc1cccc(N2C(=O)NC3(CCCC3)C2=O)c1)N1CCCCCC1. The molecule has 150 valence electrons. The molecule has 1 spiro atoms. The fraction of sp³-hybridized carbons (Fsp3) is 0.571. The van der Waals surface area contributed by atoms with E-state index in [-0.39, 0.29) is 11.9 Å². The predicted molar refractivity (Wildman–Crippen MR) is 109 cm³/mol. The molecular weight excluding hydrogens is 354 g/mol. The molecule has 3 fully saturated rings. The second kappa shape index (κ2) is 7.81. The molecule has 0 aromatic heterocycles. The highest BCUT2D eigenvalue weighted by atomic mass is 16.2. The van der Waals surface area contributed by atoms with Gasteiger partial charge in [-0.1, -0.05) is 37.8 Å². The Kier molecular flexibility index (Phi) is 5.24. The number of nitrogens with one attached hydrogen (secondary N) is 1. The van der Waals surface area contributed by atoms with Crippen LogP contribution in [0.15, 0.2) is 29.3 Å². The number of benzene rings is 1. The third-order valence-corrected chi connectivity index (χ3v) is 6.14. The first-order chi connectivity index (χ1) is 13.6. The number of carbonyl (C=O) groups is 2. The van der Waals surface area contributed by atoms with Gasteiger partial charge < -0.3 is 16.0 Å². The van der Waals surface area contributed by atoms with Crippen LogP contribution in [-0.4, -0.2) is 41.4 Å². The van der Waals surface area contributed by atoms with Crippen molar-refractivity contribution >= 4 is 23.6 Å². The van der Waals surface area contributed by atoms with Crippen molar-refractivity contribution in [2.75, 3.05) is 18.0 Å². The van der Waals surface area contributed by atoms with Gasteiger partial charge in [0.05, 0.1) is 12.2 Å². The van der Waals surface area contributed by atoms with E-state index in [0.29, 0.717) is 18.2 Å². The third kappa shape index (κ3) is 3.57. The van der Waals surface area contributed by atoms with E-state index in [1.165, 1.54) is 17.7 Å². The summed E-state index contributed by atoms with van der Waals surface area (Å²) < 4.78 is 0. The maximum atomic E-state index is 12.9. The van der Waals surface area contributed by atoms with Gasteiger partial charge in [0.15, 0.2) is 5.96 Å². The second-order valence-corrected chi connectivity index (χ2v) is 8.11. The van der Waals surface area contributed by atoms with Crippen molar-refractivity contribution in [3.63, 3.8) is 0 Å². The number of amides is 3. The third-order valence-electron chi connectivity index (χ3n) is 6.14. The summed E-state index contributed by atoms with van der Waals surface area (Å²) in [4.78, 5) is 33.4. The molecule has 0 bridgehead atoms. The molecule has 1 aliphatic carbocycles. The lowest BCUT2D eigenvalue weighted by Gasteiger charge is -2.21. The first-order valence-corrected chi connectivity index (χ1v) is 10.4. The normalized spacial score (nSPS) is 22.6. The fourth-order valence-electron chi connectivity index (χ4n) is 4.54. The van der Waals surface area contributed by atoms with Crippen molar-refractivity contribution in [2.24, 2.45) is 10.7 Å². The molecule has 7 heteroatoms. The zero-order valence-corrected chi connectivity index (χ0v) is 16.3. The smallest absolute Gasteiger partial charge is 0.329 e. The number of anilines is 1. The maximum Gasteiger partial charge on any atom is 0.329 e. The van der Waals surface area contributed by atoms with Crippen LogP contribution >= 0.6 is 0 Å². The minimum atomic E-state index is -0.692. The van der Waals surface area contributed by atoms with Crippen molar-refractivity contribution in [3.8, 4) is 0 Å². The number of nitrogens with zero attached hydrogens (tertiary/aromatic N) is 3. The molecule has 7 nitrogen and oxygen atoms in total. The van der Waals surface area contributed by atoms with Crippen molar-refractivity contribution < 1.29 is 9.59 Å². The van der Waals surface area contributed by atoms with E-state index in [0.717, 1.165) is 57.2 Å². The van der Waals surface area contributed by atoms with Gasteiger partial charge in [-0.3, -0.25) is 4.79 Å². The molecule has 2 aliphatic heterocycles. The van der Waals surface area contributed by atoms with E-state index in [2.05, 4.69) is 15.2 Å². The Balaban J connectivity index is 1.48. The van der Waals surface area contributed by atoms with Crippen LogP contribution in [0.1, 0.15) is 56.9 Å². The average molecular weight is 383 g/mol. The Labute approximate surface area is 166 Å². The highest BCUT2D eigenvalue weighted by molar-refractivity contribution is 6.23. The van der Waals surface area contributed by atoms with Gasteiger partial charge in [-0.25, -0.2) is 14.7 Å². The van der Waals surface area contributed by atoms with E-state index in [1.54, 1.807) is 6.07 Å². The molecule has 28 heavy (non-hydrogen) atoms. The first kappa shape index (κ1) is 18.8. The summed E-state index contributed by atoms with van der Waals surface area (Å²) in [6.45, 7) is 2.35. The number of hydrogen-bond donors (Lipinski definition) is 2. The van der Waals surface area contributed by atoms with Crippen LogP contribution in [0.25, 0.3) is 0 Å². The maximum absolute atomic E-state index is 12.9. The lowest BCUT2D eigenvalue weighted by atomic mass is 9.98. The van der Waals surface area contributed by atoms with Crippen LogP contribution in [0.4, 0.5) is 10.5 Å². The second-order valence-electron chi connectivity index (χ2n) is 8.11. The summed E-state index contributed by atoms with van der Waals surface area (Å²) in [5, 5.41) is 2.93. The first-order valence-electron chi connectivity index (χ1n) is 10.4. The quantitative estimate of drug-likeness (QED) is 0.477. The molecular formula is C21H29N5O2. The summed E-state index contributed by atoms with van der Waals surface area (Å²) in [7, 11) is 0. The summed E-state index contributed by atoms with van der Waals surface area (Å²) in [6.07, 6.45) is 8.21. The van der Waals surface area contributed by atoms with Gasteiger partial charge in [0.2, 0.25) is 0 Å². The Morgan fingerprint density at radius 1 is 1.07 bits per heavy atom. The van der Waals surface area contributed by atoms with E-state index in [4.69, 9.17) is 5.73 Å². The van der Waals surface area contributed by atoms with Crippen LogP contribution < -0.4 is 16.0 Å². The van der Waals surface area contributed by atoms with Gasteiger partial charge in [-0.15, -0.1) is 0 Å². The van der Waals surface area contributed by atoms with E-state index < -0.39 is 5.54 Å². The number of nitrogens with two attached hydrogens (primary N) is 1. The Morgan fingerprint density at radius 2 is 1.79 bits per heavy atom. The van der Waals surface area contributed by atoms with Crippen LogP contribution in [0, 0.1) is 0 Å². The zero-order chi connectivity index (χ0) is 19.6. The minimum absolute atomic E-state index is 0.125. The molecule has 3 amide bonds. The average Bonchev–Trinajstić information content (AvgIpc) is 3.13. The summed E-state index contributed by atoms with van der Waals surface area (Å²) in [5.74, 6) is 0.451. The number of carbonyl (C=O) groups excluding carboxylic acids is 2. The molecule has 1 aromatic carbocycles. The van der Waals surface area contributed by atoms with Crippen molar-refractivity contribution in [3.05, 3.63) is 29.8 Å². The highest BCUT2D eigenvalue weighted by Gasteiger charge is 2.52. The molecule has 2 heterocycles. The fourth-order valence-corrected chi connectivity index (χ4v) is 4.54. The molecule has 3 aliphatic rings. The Bertz CT molecular complexity index is 777. The molecule has 0 atom stereocenters. The topological polar surface area (TPSA) is 91.0 Å². The zero-order valence-electron chi connectivity index (χ0n) is 16.3. The van der Waals surface area contributed by atoms with Gasteiger partial charge in [0.25, 0.3) is 5.91 Å². The molecule has 1 saturated carbocycles. The molecule has 3 N–H and O–H groups in total. The Morgan fingerprint density at radius 3 is 2.50 bits per heavy atom. The predicted octanol–water partition coefficient (Wildman–Crippen LogP) is 2.75. The number of imide groups is 1. The number of rotatable bonds is 3. The molecule has 0 radical (unpaired) electrons. The van der Waals surface area contributed by atoms with Gasteiger partial charge in [-0.05, 0) is 43.4 Å². The van der Waals surface area contributed by atoms with Gasteiger partial charge >= 0.3 is 6.03 Å². The number of guanidine groups is 1. The monoisotopic (exact) mass is 383 g/mol. The number of likely N-dealkylation sites (tertiary alicyclic amines) is 1. The van der Waals surface area contributed by atoms with Gasteiger partial charge in [-0.2, -0.15) is 0 Å². The minimum Gasteiger partial charge on any atom is -0.370 e. The van der Waals surface area contributed by atoms with Crippen LogP contribution in [0.2, 0.25) is 0 Å². The van der Waals surface area contributed by atoms with Crippen LogP contribution in [-0.2, 0) is 11.3 Å². The largest absolute Gasteiger partial charge is 0.370 e. The molecule has 0 unspecified atom stereocenters. The van der Waals surface area contributed by atoms with Gasteiger partial charge in [0, 0.05) is 13.1 Å². The summed E-state index contributed by atoms with van der Waals surface area (Å²) >= 11 is 0. The number of urea groups is 1. The van der Waals surface area contributed by atoms with Gasteiger partial charge in [0.1, 0.15) is 5.54 Å². The van der Waals surface area contributed by atoms with Crippen LogP contribution in [0.3, 0.4) is 0 Å². The number of aliphatic imine (C=N–C) groups is 1. The van der Waals surface area contributed by atoms with Crippen molar-refractivity contribution in [1.29, 1.82) is 0 Å². The Hall–Kier alpha value is -2.57. The molecule has 4 rings (SSSR count). The lowest BCUT2D eigenvalue weighted by molar-refractivity contribution is -0.121. The van der Waals surface area contributed by atoms with Crippen molar-refractivity contribution in [1.82, 2.24) is 10.2 Å². The summed E-state index contributed by atoms with van der Waals surface area (Å²) in [5.41, 5.74) is 7.04. The van der Waals surface area contributed by atoms with E-state index >= 15 is 0 Å². The molecule has 1 aromatic rings. The number of hydrogen-bond acceptors (Lipinski definition) is 3. The standard InChI is InChI=1S/C21H29N5O2/c22-19(25-12-5-1-2-6-13-25)23-15-16-8-7-9-17(14-16)26-18(27)21(24-20(26)28)10-3-4-11-21/h7-9,14H,1-6,10-13,15H2,(H2,22,23)(H,24,28). The summed E-state index contributed by atoms with van der Waals surface area (Å²) in [6, 6.07) is 7.16. The van der Waals surface area contributed by atoms with Crippen molar-refractivity contribution in [2.45, 2.75) is 63.5 Å².